The predicted octanol–water partition coefficient (Wildman–Crippen LogP) is 4.88. The van der Waals surface area contributed by atoms with Crippen LogP contribution in [0.5, 0.6) is 28.7 Å². The summed E-state index contributed by atoms with van der Waals surface area (Å²) in [6.07, 6.45) is 1.34. The largest absolute Gasteiger partial charge is 0.872 e. The van der Waals surface area contributed by atoms with Gasteiger partial charge in [-0.1, -0.05) is 12.1 Å². The van der Waals surface area contributed by atoms with Crippen molar-refractivity contribution in [3.05, 3.63) is 112 Å². The Labute approximate surface area is 233 Å². The number of rotatable bonds is 9. The highest BCUT2D eigenvalue weighted by molar-refractivity contribution is 7.49. The fraction of sp³-hybridized carbons (Fsp3) is 0.0769. The van der Waals surface area contributed by atoms with Crippen LogP contribution in [-0.4, -0.2) is 19.1 Å². The molecule has 0 aliphatic rings. The summed E-state index contributed by atoms with van der Waals surface area (Å²) in [5.41, 5.74) is 0.251. The van der Waals surface area contributed by atoms with E-state index in [1.807, 2.05) is 6.07 Å². The zero-order chi connectivity index (χ0) is 29.1. The number of nitro groups is 1. The summed E-state index contributed by atoms with van der Waals surface area (Å²) in [7, 11) is -1.21. The van der Waals surface area contributed by atoms with E-state index in [-0.39, 0.29) is 28.1 Å². The molecule has 0 bridgehead atoms. The molecule has 0 saturated heterocycles. The van der Waals surface area contributed by atoms with Crippen LogP contribution in [0, 0.1) is 21.4 Å². The topological polar surface area (TPSA) is 157 Å². The Hall–Kier alpha value is -4.98. The lowest BCUT2D eigenvalue weighted by molar-refractivity contribution is -0.858. The highest BCUT2D eigenvalue weighted by Crippen LogP contribution is 2.46. The van der Waals surface area contributed by atoms with Gasteiger partial charge in [-0.15, -0.1) is 10.4 Å². The third-order valence-corrected chi connectivity index (χ3v) is 6.31. The second-order valence-corrected chi connectivity index (χ2v) is 9.30. The monoisotopic (exact) mass is 585 g/mol. The number of nitriles is 1. The minimum Gasteiger partial charge on any atom is -0.872 e. The van der Waals surface area contributed by atoms with Crippen LogP contribution < -0.4 is 33.0 Å². The first-order valence-corrected chi connectivity index (χ1v) is 13.0. The fourth-order valence-corrected chi connectivity index (χ4v) is 4.33. The van der Waals surface area contributed by atoms with Crippen molar-refractivity contribution in [1.29, 1.82) is 5.26 Å². The van der Waals surface area contributed by atoms with Gasteiger partial charge in [-0.3, -0.25) is 10.1 Å². The summed E-state index contributed by atoms with van der Waals surface area (Å²) >= 11 is 6.12. The molecule has 12 nitrogen and oxygen atoms in total. The molecule has 0 fully saturated rings. The van der Waals surface area contributed by atoms with Crippen LogP contribution in [0.15, 0.2) is 91.1 Å². The Morgan fingerprint density at radius 2 is 1.32 bits per heavy atom. The molecule has 4 rings (SSSR count). The Morgan fingerprint density at radius 1 is 0.850 bits per heavy atom. The number of benzene rings is 3. The third kappa shape index (κ3) is 8.52. The molecule has 40 heavy (non-hydrogen) atoms. The maximum Gasteiger partial charge on any atom is 0.700 e. The first kappa shape index (κ1) is 29.6. The number of hydrogen-bond acceptors (Lipinski definition) is 10. The van der Waals surface area contributed by atoms with Gasteiger partial charge in [0.15, 0.2) is 0 Å². The van der Waals surface area contributed by atoms with Crippen LogP contribution >= 0.6 is 19.4 Å². The molecule has 0 aliphatic carbocycles. The minimum absolute atomic E-state index is 0.00550. The molecule has 0 atom stereocenters. The Bertz CT molecular complexity index is 1470. The minimum atomic E-state index is -4.27. The average Bonchev–Trinajstić information content (AvgIpc) is 2.95. The number of phosphoric acid groups is 1. The maximum absolute atomic E-state index is 13.5. The molecule has 206 valence electrons. The van der Waals surface area contributed by atoms with E-state index < -0.39 is 12.7 Å². The SMILES string of the molecule is COc1ccc(OP(=O)(Oc2ccc(OC)cc2)O[n+]2ccc(C#N)cc2Cl)cc1.O=[N+]([O-])c1ccc([O-])cc1. The number of nitro benzene ring substituents is 1. The van der Waals surface area contributed by atoms with E-state index in [2.05, 4.69) is 0 Å². The predicted molar refractivity (Wildman–Crippen MR) is 140 cm³/mol. The second kappa shape index (κ2) is 13.7. The zero-order valence-corrected chi connectivity index (χ0v) is 22.7. The summed E-state index contributed by atoms with van der Waals surface area (Å²) in [6.45, 7) is 0. The maximum atomic E-state index is 13.5. The molecule has 0 unspecified atom stereocenters. The number of methoxy groups -OCH3 is 2. The third-order valence-electron chi connectivity index (χ3n) is 4.79. The normalized spacial score (nSPS) is 10.2. The van der Waals surface area contributed by atoms with Gasteiger partial charge in [0.2, 0.25) is 6.20 Å². The molecule has 1 heterocycles. The van der Waals surface area contributed by atoms with Gasteiger partial charge in [0.05, 0.1) is 30.8 Å². The summed E-state index contributed by atoms with van der Waals surface area (Å²) in [4.78, 5) is 9.47. The van der Waals surface area contributed by atoms with Crippen molar-refractivity contribution < 1.29 is 42.5 Å². The van der Waals surface area contributed by atoms with Crippen LogP contribution in [0.2, 0.25) is 5.15 Å². The number of ether oxygens (including phenoxy) is 2. The highest BCUT2D eigenvalue weighted by Gasteiger charge is 2.39. The number of pyridine rings is 1. The molecular weight excluding hydrogens is 565 g/mol. The van der Waals surface area contributed by atoms with E-state index in [4.69, 9.17) is 40.0 Å². The number of halogens is 1. The van der Waals surface area contributed by atoms with Crippen molar-refractivity contribution in [3.63, 3.8) is 0 Å². The van der Waals surface area contributed by atoms with Crippen molar-refractivity contribution in [3.8, 4) is 34.8 Å². The lowest BCUT2D eigenvalue weighted by Gasteiger charge is -2.15. The molecule has 0 radical (unpaired) electrons. The van der Waals surface area contributed by atoms with Crippen LogP contribution in [-0.2, 0) is 4.57 Å². The molecular formula is C26H21ClN3O9P. The van der Waals surface area contributed by atoms with Crippen molar-refractivity contribution in [2.45, 2.75) is 0 Å². The number of aromatic nitrogens is 1. The molecule has 0 spiro atoms. The van der Waals surface area contributed by atoms with Gasteiger partial charge in [0, 0.05) is 29.0 Å². The molecule has 14 heteroatoms. The smallest absolute Gasteiger partial charge is 0.700 e. The number of hydrogen-bond donors (Lipinski definition) is 0. The van der Waals surface area contributed by atoms with Gasteiger partial charge >= 0.3 is 13.0 Å². The Morgan fingerprint density at radius 3 is 1.73 bits per heavy atom. The summed E-state index contributed by atoms with van der Waals surface area (Å²) in [5, 5.41) is 29.4. The van der Waals surface area contributed by atoms with Crippen molar-refractivity contribution >= 4 is 25.1 Å². The summed E-state index contributed by atoms with van der Waals surface area (Å²) in [5.74, 6) is 1.42. The van der Waals surface area contributed by atoms with Gasteiger partial charge in [0.1, 0.15) is 23.0 Å². The van der Waals surface area contributed by atoms with Gasteiger partial charge in [-0.2, -0.15) is 9.83 Å². The lowest BCUT2D eigenvalue weighted by atomic mass is 10.3. The van der Waals surface area contributed by atoms with Crippen molar-refractivity contribution in [1.82, 2.24) is 0 Å². The van der Waals surface area contributed by atoms with Crippen LogP contribution in [0.4, 0.5) is 5.69 Å². The molecule has 0 N–H and O–H groups in total. The van der Waals surface area contributed by atoms with Gasteiger partial charge in [-0.25, -0.2) is 0 Å². The molecule has 3 aromatic carbocycles. The quantitative estimate of drug-likeness (QED) is 0.0871. The average molecular weight is 586 g/mol. The lowest BCUT2D eigenvalue weighted by Crippen LogP contribution is -2.43. The Kier molecular flexibility index (Phi) is 10.1. The van der Waals surface area contributed by atoms with E-state index in [1.165, 1.54) is 44.7 Å². The van der Waals surface area contributed by atoms with E-state index in [1.54, 1.807) is 48.5 Å². The number of phosphoric ester groups is 1. The van der Waals surface area contributed by atoms with E-state index >= 15 is 0 Å². The standard InChI is InChI=1S/C20H17ClN2O6P.C6H5NO3/c1-25-16-3-7-18(8-4-16)27-30(24,28-19-9-5-17(26-2)6-10-19)29-23-12-11-15(14-22)13-20(23)21;8-6-3-1-5(2-4-6)7(9)10/h3-13H,1-2H3;1-4,8H/q+1;/p-1. The van der Waals surface area contributed by atoms with Gasteiger partial charge < -0.3 is 23.6 Å². The molecule has 4 aromatic rings. The summed E-state index contributed by atoms with van der Waals surface area (Å²) < 4.78 is 41.3. The van der Waals surface area contributed by atoms with Gasteiger partial charge in [-0.05, 0) is 60.1 Å². The molecule has 0 saturated carbocycles. The highest BCUT2D eigenvalue weighted by atomic mass is 35.5. The number of non-ortho nitro benzene ring substituents is 1. The molecule has 0 aliphatic heterocycles. The number of nitrogens with zero attached hydrogens (tertiary/aromatic N) is 3. The van der Waals surface area contributed by atoms with E-state index in [0.717, 1.165) is 16.9 Å². The first-order valence-electron chi connectivity index (χ1n) is 11.1. The van der Waals surface area contributed by atoms with Crippen LogP contribution in [0.1, 0.15) is 5.56 Å². The van der Waals surface area contributed by atoms with Crippen molar-refractivity contribution in [2.24, 2.45) is 0 Å². The van der Waals surface area contributed by atoms with Crippen molar-refractivity contribution in [2.75, 3.05) is 14.2 Å². The van der Waals surface area contributed by atoms with Crippen LogP contribution in [0.25, 0.3) is 0 Å². The van der Waals surface area contributed by atoms with Gasteiger partial charge in [0.25, 0.3) is 5.69 Å². The Balaban J connectivity index is 0.000000371. The van der Waals surface area contributed by atoms with Crippen LogP contribution in [0.3, 0.4) is 0 Å². The second-order valence-electron chi connectivity index (χ2n) is 7.49. The fourth-order valence-electron chi connectivity index (χ4n) is 2.85. The first-order chi connectivity index (χ1) is 19.1. The zero-order valence-electron chi connectivity index (χ0n) is 21.0. The van der Waals surface area contributed by atoms with E-state index in [0.29, 0.717) is 17.1 Å². The molecule has 0 amide bonds. The molecule has 1 aromatic heterocycles. The summed E-state index contributed by atoms with van der Waals surface area (Å²) in [6, 6.07) is 22.2. The van der Waals surface area contributed by atoms with E-state index in [9.17, 15) is 19.8 Å².